The van der Waals surface area contributed by atoms with E-state index >= 15 is 0 Å². The predicted octanol–water partition coefficient (Wildman–Crippen LogP) is 0.933. The number of nitrogens with one attached hydrogen (secondary N) is 1. The zero-order valence-electron chi connectivity index (χ0n) is 7.86. The summed E-state index contributed by atoms with van der Waals surface area (Å²) in [4.78, 5) is 13.9. The molecule has 2 heterocycles. The lowest BCUT2D eigenvalue weighted by Gasteiger charge is -2.22. The van der Waals surface area contributed by atoms with Gasteiger partial charge in [-0.05, 0) is 12.1 Å². The Morgan fingerprint density at radius 1 is 1.43 bits per heavy atom. The van der Waals surface area contributed by atoms with Crippen LogP contribution in [0.3, 0.4) is 0 Å². The molecule has 0 aliphatic carbocycles. The maximum absolute atomic E-state index is 11.3. The minimum atomic E-state index is -0.168. The Balaban J connectivity index is 2.03. The van der Waals surface area contributed by atoms with Gasteiger partial charge in [-0.1, -0.05) is 0 Å². The van der Waals surface area contributed by atoms with E-state index in [1.165, 1.54) is 0 Å². The van der Waals surface area contributed by atoms with Gasteiger partial charge in [-0.25, -0.2) is 0 Å². The Bertz CT molecular complexity index is 341. The summed E-state index contributed by atoms with van der Waals surface area (Å²) in [5.74, 6) is 0.402. The zero-order valence-corrected chi connectivity index (χ0v) is 7.86. The lowest BCUT2D eigenvalue weighted by Crippen LogP contribution is -2.28. The minimum Gasteiger partial charge on any atom is -0.484 e. The highest BCUT2D eigenvalue weighted by atomic mass is 16.5. The van der Waals surface area contributed by atoms with Crippen LogP contribution in [-0.2, 0) is 4.74 Å². The molecule has 4 heteroatoms. The van der Waals surface area contributed by atoms with Crippen molar-refractivity contribution in [1.82, 2.24) is 4.98 Å². The molecule has 1 N–H and O–H groups in total. The lowest BCUT2D eigenvalue weighted by molar-refractivity contribution is 0.0249. The second-order valence-corrected chi connectivity index (χ2v) is 3.29. The second kappa shape index (κ2) is 4.28. The standard InChI is InChI=1S/C10H13NO3/c12-10-9(2-1-5-11-10)14-8-3-6-13-7-4-8/h1-2,5,8H,3-4,6-7H2,(H,11,12). The predicted molar refractivity (Wildman–Crippen MR) is 51.5 cm³/mol. The molecule has 76 valence electrons. The fourth-order valence-corrected chi connectivity index (χ4v) is 1.47. The molecule has 1 saturated heterocycles. The summed E-state index contributed by atoms with van der Waals surface area (Å²) in [5.41, 5.74) is -0.168. The molecule has 0 atom stereocenters. The highest BCUT2D eigenvalue weighted by Crippen LogP contribution is 2.13. The summed E-state index contributed by atoms with van der Waals surface area (Å²) in [5, 5.41) is 0. The number of hydrogen-bond donors (Lipinski definition) is 1. The number of aromatic amines is 1. The molecule has 0 unspecified atom stereocenters. The molecule has 0 spiro atoms. The first-order valence-corrected chi connectivity index (χ1v) is 4.78. The van der Waals surface area contributed by atoms with Crippen LogP contribution >= 0.6 is 0 Å². The monoisotopic (exact) mass is 195 g/mol. The van der Waals surface area contributed by atoms with Crippen LogP contribution in [0.5, 0.6) is 5.75 Å². The van der Waals surface area contributed by atoms with E-state index in [0.717, 1.165) is 26.1 Å². The third-order valence-corrected chi connectivity index (χ3v) is 2.24. The Morgan fingerprint density at radius 3 is 2.93 bits per heavy atom. The molecule has 1 aromatic rings. The summed E-state index contributed by atoms with van der Waals surface area (Å²) in [7, 11) is 0. The number of rotatable bonds is 2. The molecule has 1 aliphatic rings. The van der Waals surface area contributed by atoms with Crippen molar-refractivity contribution in [3.05, 3.63) is 28.7 Å². The van der Waals surface area contributed by atoms with E-state index in [1.807, 2.05) is 0 Å². The first-order chi connectivity index (χ1) is 6.86. The van der Waals surface area contributed by atoms with Crippen LogP contribution in [0.1, 0.15) is 12.8 Å². The quantitative estimate of drug-likeness (QED) is 0.763. The van der Waals surface area contributed by atoms with E-state index in [-0.39, 0.29) is 11.7 Å². The van der Waals surface area contributed by atoms with Gasteiger partial charge in [-0.15, -0.1) is 0 Å². The Labute approximate surface area is 81.9 Å². The fourth-order valence-electron chi connectivity index (χ4n) is 1.47. The summed E-state index contributed by atoms with van der Waals surface area (Å²) >= 11 is 0. The largest absolute Gasteiger partial charge is 0.484 e. The molecule has 0 aromatic carbocycles. The summed E-state index contributed by atoms with van der Waals surface area (Å²) < 4.78 is 10.8. The molecule has 1 aromatic heterocycles. The highest BCUT2D eigenvalue weighted by Gasteiger charge is 2.16. The van der Waals surface area contributed by atoms with Crippen molar-refractivity contribution >= 4 is 0 Å². The van der Waals surface area contributed by atoms with Gasteiger partial charge in [-0.3, -0.25) is 4.79 Å². The lowest BCUT2D eigenvalue weighted by atomic mass is 10.1. The van der Waals surface area contributed by atoms with Crippen molar-refractivity contribution in [3.8, 4) is 5.75 Å². The van der Waals surface area contributed by atoms with Gasteiger partial charge in [0.15, 0.2) is 5.75 Å². The van der Waals surface area contributed by atoms with Gasteiger partial charge in [-0.2, -0.15) is 0 Å². The number of aromatic nitrogens is 1. The van der Waals surface area contributed by atoms with E-state index in [0.29, 0.717) is 5.75 Å². The van der Waals surface area contributed by atoms with Crippen LogP contribution in [0, 0.1) is 0 Å². The topological polar surface area (TPSA) is 51.3 Å². The van der Waals surface area contributed by atoms with Crippen LogP contribution in [0.2, 0.25) is 0 Å². The second-order valence-electron chi connectivity index (χ2n) is 3.29. The molecule has 0 saturated carbocycles. The van der Waals surface area contributed by atoms with Gasteiger partial charge in [0.05, 0.1) is 13.2 Å². The molecule has 1 aliphatic heterocycles. The van der Waals surface area contributed by atoms with Crippen molar-refractivity contribution in [2.24, 2.45) is 0 Å². The SMILES string of the molecule is O=c1[nH]cccc1OC1CCOCC1. The van der Waals surface area contributed by atoms with Crippen LogP contribution < -0.4 is 10.3 Å². The number of ether oxygens (including phenoxy) is 2. The first-order valence-electron chi connectivity index (χ1n) is 4.78. The van der Waals surface area contributed by atoms with E-state index in [4.69, 9.17) is 9.47 Å². The molecule has 0 bridgehead atoms. The summed E-state index contributed by atoms with van der Waals surface area (Å²) in [6.07, 6.45) is 3.43. The van der Waals surface area contributed by atoms with Crippen LogP contribution in [0.25, 0.3) is 0 Å². The maximum Gasteiger partial charge on any atom is 0.290 e. The minimum absolute atomic E-state index is 0.118. The van der Waals surface area contributed by atoms with Crippen LogP contribution in [0.4, 0.5) is 0 Å². The molecule has 1 fully saturated rings. The average Bonchev–Trinajstić information content (AvgIpc) is 2.23. The Morgan fingerprint density at radius 2 is 2.21 bits per heavy atom. The van der Waals surface area contributed by atoms with Crippen molar-refractivity contribution in [2.45, 2.75) is 18.9 Å². The normalized spacial score (nSPS) is 18.0. The number of pyridine rings is 1. The van der Waals surface area contributed by atoms with Crippen LogP contribution in [0.15, 0.2) is 23.1 Å². The molecule has 2 rings (SSSR count). The van der Waals surface area contributed by atoms with Gasteiger partial charge >= 0.3 is 0 Å². The molecule has 0 radical (unpaired) electrons. The highest BCUT2D eigenvalue weighted by molar-refractivity contribution is 5.16. The molecule has 4 nitrogen and oxygen atoms in total. The smallest absolute Gasteiger partial charge is 0.290 e. The Kier molecular flexibility index (Phi) is 2.84. The third-order valence-electron chi connectivity index (χ3n) is 2.24. The van der Waals surface area contributed by atoms with Crippen molar-refractivity contribution in [1.29, 1.82) is 0 Å². The first kappa shape index (κ1) is 9.27. The van der Waals surface area contributed by atoms with Crippen molar-refractivity contribution in [2.75, 3.05) is 13.2 Å². The van der Waals surface area contributed by atoms with E-state index in [2.05, 4.69) is 4.98 Å². The number of hydrogen-bond acceptors (Lipinski definition) is 3. The van der Waals surface area contributed by atoms with E-state index in [9.17, 15) is 4.79 Å². The van der Waals surface area contributed by atoms with Gasteiger partial charge in [0.25, 0.3) is 5.56 Å². The van der Waals surface area contributed by atoms with Crippen molar-refractivity contribution < 1.29 is 9.47 Å². The molecule has 14 heavy (non-hydrogen) atoms. The van der Waals surface area contributed by atoms with Gasteiger partial charge in [0.2, 0.25) is 0 Å². The molecular formula is C10H13NO3. The van der Waals surface area contributed by atoms with Gasteiger partial charge < -0.3 is 14.5 Å². The van der Waals surface area contributed by atoms with E-state index in [1.54, 1.807) is 18.3 Å². The molecular weight excluding hydrogens is 182 g/mol. The Hall–Kier alpha value is -1.29. The number of H-pyrrole nitrogens is 1. The summed E-state index contributed by atoms with van der Waals surface area (Å²) in [6, 6.07) is 3.45. The average molecular weight is 195 g/mol. The van der Waals surface area contributed by atoms with Gasteiger partial charge in [0.1, 0.15) is 6.10 Å². The van der Waals surface area contributed by atoms with Crippen LogP contribution in [-0.4, -0.2) is 24.3 Å². The third kappa shape index (κ3) is 2.14. The zero-order chi connectivity index (χ0) is 9.80. The molecule has 0 amide bonds. The maximum atomic E-state index is 11.3. The van der Waals surface area contributed by atoms with Gasteiger partial charge in [0, 0.05) is 19.0 Å². The van der Waals surface area contributed by atoms with E-state index < -0.39 is 0 Å². The summed E-state index contributed by atoms with van der Waals surface area (Å²) in [6.45, 7) is 1.44. The van der Waals surface area contributed by atoms with Crippen molar-refractivity contribution in [3.63, 3.8) is 0 Å². The fraction of sp³-hybridized carbons (Fsp3) is 0.500.